The van der Waals surface area contributed by atoms with E-state index in [4.69, 9.17) is 4.74 Å². The number of hydrogen-bond acceptors (Lipinski definition) is 6. The van der Waals surface area contributed by atoms with Gasteiger partial charge in [-0.3, -0.25) is 9.48 Å². The van der Waals surface area contributed by atoms with Crippen LogP contribution in [0.4, 0.5) is 0 Å². The number of aromatic nitrogens is 2. The van der Waals surface area contributed by atoms with Crippen molar-refractivity contribution in [3.8, 4) is 0 Å². The molecule has 1 aromatic carbocycles. The van der Waals surface area contributed by atoms with Crippen molar-refractivity contribution in [3.63, 3.8) is 0 Å². The van der Waals surface area contributed by atoms with E-state index in [2.05, 4.69) is 28.0 Å². The molecule has 35 heavy (non-hydrogen) atoms. The molecule has 1 aliphatic heterocycles. The second-order valence-electron chi connectivity index (χ2n) is 10.8. The fourth-order valence-electron chi connectivity index (χ4n) is 5.42. The Morgan fingerprint density at radius 3 is 2.60 bits per heavy atom. The molecule has 0 bridgehead atoms. The van der Waals surface area contributed by atoms with Crippen LogP contribution in [-0.4, -0.2) is 77.8 Å². The van der Waals surface area contributed by atoms with E-state index in [1.54, 1.807) is 4.90 Å². The minimum atomic E-state index is -3.41. The molecule has 194 valence electrons. The van der Waals surface area contributed by atoms with Gasteiger partial charge in [0.25, 0.3) is 5.91 Å². The fourth-order valence-corrected chi connectivity index (χ4v) is 6.24. The average molecular weight is 507 g/mol. The van der Waals surface area contributed by atoms with Gasteiger partial charge >= 0.3 is 0 Å². The number of carbonyl (C=O) groups excluding carboxylic acids is 1. The highest BCUT2D eigenvalue weighted by molar-refractivity contribution is 7.88. The summed E-state index contributed by atoms with van der Waals surface area (Å²) in [5.41, 5.74) is 1.02. The van der Waals surface area contributed by atoms with Gasteiger partial charge in [-0.25, -0.2) is 13.1 Å². The van der Waals surface area contributed by atoms with Gasteiger partial charge in [-0.2, -0.15) is 5.10 Å². The summed E-state index contributed by atoms with van der Waals surface area (Å²) in [6, 6.07) is 6.22. The second kappa shape index (κ2) is 10.2. The number of sulfonamides is 1. The first-order valence-electron chi connectivity index (χ1n) is 12.4. The molecule has 2 heterocycles. The zero-order valence-corrected chi connectivity index (χ0v) is 21.9. The number of amides is 1. The molecule has 1 saturated carbocycles. The quantitative estimate of drug-likeness (QED) is 0.595. The molecule has 0 radical (unpaired) electrons. The maximum atomic E-state index is 12.6. The zero-order chi connectivity index (χ0) is 25.4. The maximum absolute atomic E-state index is 12.6. The predicted molar refractivity (Wildman–Crippen MR) is 134 cm³/mol. The number of likely N-dealkylation sites (tertiary alicyclic amines) is 1. The molecule has 1 amide bonds. The fraction of sp³-hybridized carbons (Fsp3) is 0.680. The van der Waals surface area contributed by atoms with E-state index in [1.807, 2.05) is 17.9 Å². The van der Waals surface area contributed by atoms with Crippen LogP contribution < -0.4 is 4.72 Å². The number of ether oxygens (including phenoxy) is 1. The number of carbonyl (C=O) groups is 1. The number of nitrogens with zero attached hydrogens (tertiary/aromatic N) is 3. The molecule has 2 aromatic rings. The van der Waals surface area contributed by atoms with Crippen molar-refractivity contribution in [1.82, 2.24) is 19.4 Å². The first-order chi connectivity index (χ1) is 16.4. The molecule has 2 N–H and O–H groups in total. The average Bonchev–Trinajstić information content (AvgIpc) is 3.17. The molecule has 1 aromatic heterocycles. The molecule has 0 spiro atoms. The molecule has 1 saturated heterocycles. The lowest BCUT2D eigenvalue weighted by molar-refractivity contribution is -0.153. The van der Waals surface area contributed by atoms with Crippen LogP contribution in [0.2, 0.25) is 0 Å². The Balaban J connectivity index is 1.34. The summed E-state index contributed by atoms with van der Waals surface area (Å²) in [7, 11) is -1.45. The van der Waals surface area contributed by atoms with Gasteiger partial charge in [0.1, 0.15) is 5.60 Å². The van der Waals surface area contributed by atoms with E-state index < -0.39 is 27.8 Å². The summed E-state index contributed by atoms with van der Waals surface area (Å²) < 4.78 is 34.6. The number of piperidine rings is 1. The van der Waals surface area contributed by atoms with Gasteiger partial charge in [0.15, 0.2) is 0 Å². The van der Waals surface area contributed by atoms with Crippen molar-refractivity contribution >= 4 is 26.8 Å². The van der Waals surface area contributed by atoms with Crippen LogP contribution in [-0.2, 0) is 26.6 Å². The summed E-state index contributed by atoms with van der Waals surface area (Å²) in [5.74, 6) is 0.549. The van der Waals surface area contributed by atoms with Crippen LogP contribution in [0.3, 0.4) is 0 Å². The third kappa shape index (κ3) is 6.41. The molecule has 2 atom stereocenters. The highest BCUT2D eigenvalue weighted by Gasteiger charge is 2.38. The van der Waals surface area contributed by atoms with Crippen molar-refractivity contribution in [1.29, 1.82) is 0 Å². The number of aliphatic hydroxyl groups is 1. The van der Waals surface area contributed by atoms with E-state index >= 15 is 0 Å². The van der Waals surface area contributed by atoms with Crippen molar-refractivity contribution in [3.05, 3.63) is 30.0 Å². The van der Waals surface area contributed by atoms with Crippen LogP contribution in [0.1, 0.15) is 57.4 Å². The standard InChI is InChI=1S/C25H38N4O5S/c1-25(2,31)24(30)29-12-11-21(27-35(4,32)33)23(15-29)34-16-17-5-7-18(8-6-17)19-9-10-22-20(13-19)14-26-28(22)3/h9-10,13-14,17-18,21,23,27,31H,5-8,11-12,15-16H2,1-4H3/t17?,18?,21-,23+/m0/s1. The molecule has 1 aliphatic carbocycles. The molecular weight excluding hydrogens is 468 g/mol. The normalized spacial score (nSPS) is 26.3. The summed E-state index contributed by atoms with van der Waals surface area (Å²) in [6.07, 6.45) is 7.30. The van der Waals surface area contributed by atoms with Gasteiger partial charge in [-0.05, 0) is 75.5 Å². The maximum Gasteiger partial charge on any atom is 0.254 e. The minimum Gasteiger partial charge on any atom is -0.381 e. The Kier molecular flexibility index (Phi) is 7.57. The molecule has 2 aliphatic rings. The van der Waals surface area contributed by atoms with E-state index in [0.29, 0.717) is 31.4 Å². The summed E-state index contributed by atoms with van der Waals surface area (Å²) >= 11 is 0. The molecule has 2 fully saturated rings. The van der Waals surface area contributed by atoms with Crippen LogP contribution in [0, 0.1) is 5.92 Å². The predicted octanol–water partition coefficient (Wildman–Crippen LogP) is 2.15. The lowest BCUT2D eigenvalue weighted by Crippen LogP contribution is -2.59. The van der Waals surface area contributed by atoms with Gasteiger partial charge in [0, 0.05) is 32.1 Å². The molecule has 9 nitrogen and oxygen atoms in total. The highest BCUT2D eigenvalue weighted by Crippen LogP contribution is 2.37. The van der Waals surface area contributed by atoms with Crippen LogP contribution in [0.15, 0.2) is 24.4 Å². The SMILES string of the molecule is Cn1ncc2cc(C3CCC(CO[C@@H]4CN(C(=O)C(C)(C)O)CC[C@@H]4NS(C)(=O)=O)CC3)ccc21. The Morgan fingerprint density at radius 1 is 1.23 bits per heavy atom. The first-order valence-corrected chi connectivity index (χ1v) is 14.3. The topological polar surface area (TPSA) is 114 Å². The monoisotopic (exact) mass is 506 g/mol. The molecule has 10 heteroatoms. The Labute approximate surface area is 207 Å². The number of rotatable bonds is 7. The van der Waals surface area contributed by atoms with Crippen molar-refractivity contribution in [2.75, 3.05) is 26.0 Å². The zero-order valence-electron chi connectivity index (χ0n) is 21.1. The van der Waals surface area contributed by atoms with Gasteiger partial charge in [0.2, 0.25) is 10.0 Å². The van der Waals surface area contributed by atoms with Gasteiger partial charge < -0.3 is 14.7 Å². The van der Waals surface area contributed by atoms with Crippen LogP contribution in [0.5, 0.6) is 0 Å². The van der Waals surface area contributed by atoms with E-state index in [-0.39, 0.29) is 12.5 Å². The molecule has 4 rings (SSSR count). The van der Waals surface area contributed by atoms with Crippen molar-refractivity contribution in [2.24, 2.45) is 13.0 Å². The van der Waals surface area contributed by atoms with E-state index in [0.717, 1.165) is 37.5 Å². The van der Waals surface area contributed by atoms with Gasteiger partial charge in [-0.15, -0.1) is 0 Å². The number of nitrogens with one attached hydrogen (secondary N) is 1. The highest BCUT2D eigenvalue weighted by atomic mass is 32.2. The smallest absolute Gasteiger partial charge is 0.254 e. The lowest BCUT2D eigenvalue weighted by Gasteiger charge is -2.41. The van der Waals surface area contributed by atoms with Gasteiger partial charge in [-0.1, -0.05) is 6.07 Å². The largest absolute Gasteiger partial charge is 0.381 e. The van der Waals surface area contributed by atoms with Gasteiger partial charge in [0.05, 0.1) is 30.1 Å². The first kappa shape index (κ1) is 26.1. The number of benzene rings is 1. The molecule has 0 unspecified atom stereocenters. The molecular formula is C25H38N4O5S. The van der Waals surface area contributed by atoms with Crippen molar-refractivity contribution < 1.29 is 23.1 Å². The summed E-state index contributed by atoms with van der Waals surface area (Å²) in [5, 5.41) is 15.6. The number of hydrogen-bond donors (Lipinski definition) is 2. The number of fused-ring (bicyclic) bond motifs is 1. The van der Waals surface area contributed by atoms with Crippen molar-refractivity contribution in [2.45, 2.75) is 69.6 Å². The van der Waals surface area contributed by atoms with Crippen LogP contribution in [0.25, 0.3) is 10.9 Å². The summed E-state index contributed by atoms with van der Waals surface area (Å²) in [4.78, 5) is 14.2. The van der Waals surface area contributed by atoms with E-state index in [9.17, 15) is 18.3 Å². The minimum absolute atomic E-state index is 0.260. The number of aryl methyl sites for hydroxylation is 1. The second-order valence-corrected chi connectivity index (χ2v) is 12.6. The lowest BCUT2D eigenvalue weighted by atomic mass is 9.79. The Bertz CT molecular complexity index is 1150. The Morgan fingerprint density at radius 2 is 1.94 bits per heavy atom. The Hall–Kier alpha value is -2.01. The third-order valence-electron chi connectivity index (χ3n) is 7.37. The van der Waals surface area contributed by atoms with E-state index in [1.165, 1.54) is 24.8 Å². The van der Waals surface area contributed by atoms with Crippen LogP contribution >= 0.6 is 0 Å². The third-order valence-corrected chi connectivity index (χ3v) is 8.10. The summed E-state index contributed by atoms with van der Waals surface area (Å²) in [6.45, 7) is 4.11.